The summed E-state index contributed by atoms with van der Waals surface area (Å²) in [6.07, 6.45) is 2.08. The number of benzene rings is 1. The number of carboxylic acids is 1. The number of aliphatic carboxylic acids is 1. The Balaban J connectivity index is 1.56. The van der Waals surface area contributed by atoms with E-state index in [0.29, 0.717) is 31.8 Å². The number of carbonyl (C=O) groups is 2. The van der Waals surface area contributed by atoms with Crippen LogP contribution in [0, 0.1) is 11.8 Å². The molecule has 1 saturated carbocycles. The number of likely N-dealkylation sites (tertiary alicyclic amines) is 1. The first-order valence-corrected chi connectivity index (χ1v) is 8.12. The monoisotopic (exact) mass is 351 g/mol. The number of halogens is 1. The SMILES string of the molecule is O=C(O)C1CCN(C(=O)[C@H]2C[C@H]2c2ccc(Br)cc2)CC1. The summed E-state index contributed by atoms with van der Waals surface area (Å²) >= 11 is 3.42. The minimum atomic E-state index is -0.735. The van der Waals surface area contributed by atoms with Crippen molar-refractivity contribution < 1.29 is 14.7 Å². The fraction of sp³-hybridized carbons (Fsp3) is 0.500. The third-order valence-electron chi connectivity index (χ3n) is 4.56. The molecule has 0 unspecified atom stereocenters. The van der Waals surface area contributed by atoms with Crippen molar-refractivity contribution in [3.05, 3.63) is 34.3 Å². The molecule has 1 saturated heterocycles. The van der Waals surface area contributed by atoms with Crippen LogP contribution in [-0.2, 0) is 9.59 Å². The minimum absolute atomic E-state index is 0.0903. The molecular formula is C16H18BrNO3. The highest BCUT2D eigenvalue weighted by Gasteiger charge is 2.46. The lowest BCUT2D eigenvalue weighted by atomic mass is 9.96. The fourth-order valence-electron chi connectivity index (χ4n) is 3.13. The van der Waals surface area contributed by atoms with Gasteiger partial charge in [-0.2, -0.15) is 0 Å². The quantitative estimate of drug-likeness (QED) is 0.910. The molecule has 21 heavy (non-hydrogen) atoms. The summed E-state index contributed by atoms with van der Waals surface area (Å²) in [5.74, 6) is -0.390. The topological polar surface area (TPSA) is 57.6 Å². The maximum Gasteiger partial charge on any atom is 0.306 e. The van der Waals surface area contributed by atoms with Gasteiger partial charge in [-0.05, 0) is 42.9 Å². The molecule has 1 aromatic carbocycles. The average molecular weight is 352 g/mol. The lowest BCUT2D eigenvalue weighted by molar-refractivity contribution is -0.146. The van der Waals surface area contributed by atoms with Crippen molar-refractivity contribution in [3.8, 4) is 0 Å². The molecule has 1 aromatic rings. The molecule has 1 N–H and O–H groups in total. The first kappa shape index (κ1) is 14.6. The van der Waals surface area contributed by atoms with E-state index in [4.69, 9.17) is 5.11 Å². The number of carbonyl (C=O) groups excluding carboxylic acids is 1. The molecule has 112 valence electrons. The number of rotatable bonds is 3. The Kier molecular flexibility index (Phi) is 4.02. The Labute approximate surface area is 132 Å². The zero-order valence-electron chi connectivity index (χ0n) is 11.7. The lowest BCUT2D eigenvalue weighted by Gasteiger charge is -2.30. The van der Waals surface area contributed by atoms with Gasteiger partial charge in [0.25, 0.3) is 0 Å². The molecule has 0 radical (unpaired) electrons. The molecule has 0 spiro atoms. The van der Waals surface area contributed by atoms with E-state index in [9.17, 15) is 9.59 Å². The number of hydrogen-bond donors (Lipinski definition) is 1. The highest BCUT2D eigenvalue weighted by Crippen LogP contribution is 2.48. The van der Waals surface area contributed by atoms with Gasteiger partial charge in [-0.3, -0.25) is 9.59 Å². The molecule has 2 fully saturated rings. The second kappa shape index (κ2) is 5.79. The maximum atomic E-state index is 12.5. The van der Waals surface area contributed by atoms with Crippen LogP contribution < -0.4 is 0 Å². The van der Waals surface area contributed by atoms with Crippen LogP contribution >= 0.6 is 15.9 Å². The Hall–Kier alpha value is -1.36. The Morgan fingerprint density at radius 1 is 1.14 bits per heavy atom. The predicted octanol–water partition coefficient (Wildman–Crippen LogP) is 2.88. The van der Waals surface area contributed by atoms with Crippen molar-refractivity contribution in [1.82, 2.24) is 4.90 Å². The highest BCUT2D eigenvalue weighted by atomic mass is 79.9. The standard InChI is InChI=1S/C16H18BrNO3/c17-12-3-1-10(2-4-12)13-9-14(13)15(19)18-7-5-11(6-8-18)16(20)21/h1-4,11,13-14H,5-9H2,(H,20,21)/t13-,14-/m0/s1. The van der Waals surface area contributed by atoms with Crippen LogP contribution in [0.2, 0.25) is 0 Å². The van der Waals surface area contributed by atoms with E-state index >= 15 is 0 Å². The maximum absolute atomic E-state index is 12.5. The first-order chi connectivity index (χ1) is 10.1. The second-order valence-corrected chi connectivity index (χ2v) is 6.85. The third-order valence-corrected chi connectivity index (χ3v) is 5.09. The van der Waals surface area contributed by atoms with E-state index in [0.717, 1.165) is 10.9 Å². The molecule has 2 aliphatic rings. The minimum Gasteiger partial charge on any atom is -0.481 e. The molecule has 0 bridgehead atoms. The number of nitrogens with zero attached hydrogens (tertiary/aromatic N) is 1. The van der Waals surface area contributed by atoms with Crippen LogP contribution in [-0.4, -0.2) is 35.0 Å². The van der Waals surface area contributed by atoms with Gasteiger partial charge in [0.2, 0.25) is 5.91 Å². The molecule has 1 heterocycles. The van der Waals surface area contributed by atoms with E-state index in [1.54, 1.807) is 0 Å². The van der Waals surface area contributed by atoms with E-state index in [1.165, 1.54) is 5.56 Å². The van der Waals surface area contributed by atoms with Gasteiger partial charge >= 0.3 is 5.97 Å². The molecule has 5 heteroatoms. The molecular weight excluding hydrogens is 334 g/mol. The van der Waals surface area contributed by atoms with Crippen molar-refractivity contribution in [2.75, 3.05) is 13.1 Å². The summed E-state index contributed by atoms with van der Waals surface area (Å²) in [6, 6.07) is 8.15. The predicted molar refractivity (Wildman–Crippen MR) is 81.9 cm³/mol. The van der Waals surface area contributed by atoms with Gasteiger partial charge in [-0.25, -0.2) is 0 Å². The smallest absolute Gasteiger partial charge is 0.306 e. The van der Waals surface area contributed by atoms with Crippen LogP contribution in [0.15, 0.2) is 28.7 Å². The molecule has 4 nitrogen and oxygen atoms in total. The number of carboxylic acid groups (broad SMARTS) is 1. The van der Waals surface area contributed by atoms with Crippen LogP contribution in [0.5, 0.6) is 0 Å². The summed E-state index contributed by atoms with van der Waals surface area (Å²) in [4.78, 5) is 25.2. The Bertz CT molecular complexity index is 549. The van der Waals surface area contributed by atoms with Gasteiger partial charge in [0, 0.05) is 23.5 Å². The van der Waals surface area contributed by atoms with Crippen LogP contribution in [0.1, 0.15) is 30.7 Å². The molecule has 1 aliphatic carbocycles. The van der Waals surface area contributed by atoms with E-state index in [-0.39, 0.29) is 17.7 Å². The zero-order chi connectivity index (χ0) is 15.0. The van der Waals surface area contributed by atoms with Gasteiger partial charge in [0.15, 0.2) is 0 Å². The van der Waals surface area contributed by atoms with Crippen LogP contribution in [0.4, 0.5) is 0 Å². The van der Waals surface area contributed by atoms with Crippen molar-refractivity contribution in [3.63, 3.8) is 0 Å². The summed E-state index contributed by atoms with van der Waals surface area (Å²) in [6.45, 7) is 1.17. The van der Waals surface area contributed by atoms with E-state index in [2.05, 4.69) is 28.1 Å². The van der Waals surface area contributed by atoms with Crippen LogP contribution in [0.25, 0.3) is 0 Å². The molecule has 1 amide bonds. The lowest BCUT2D eigenvalue weighted by Crippen LogP contribution is -2.41. The van der Waals surface area contributed by atoms with Gasteiger partial charge in [0.05, 0.1) is 5.92 Å². The fourth-order valence-corrected chi connectivity index (χ4v) is 3.39. The Morgan fingerprint density at radius 3 is 2.33 bits per heavy atom. The number of piperidine rings is 1. The van der Waals surface area contributed by atoms with Crippen LogP contribution in [0.3, 0.4) is 0 Å². The summed E-state index contributed by atoms with van der Waals surface area (Å²) in [7, 11) is 0. The third kappa shape index (κ3) is 3.12. The number of hydrogen-bond acceptors (Lipinski definition) is 2. The van der Waals surface area contributed by atoms with Gasteiger partial charge in [-0.15, -0.1) is 0 Å². The summed E-state index contributed by atoms with van der Waals surface area (Å²) in [5, 5.41) is 8.99. The highest BCUT2D eigenvalue weighted by molar-refractivity contribution is 9.10. The normalized spacial score (nSPS) is 25.7. The van der Waals surface area contributed by atoms with Gasteiger partial charge in [-0.1, -0.05) is 28.1 Å². The average Bonchev–Trinajstić information content (AvgIpc) is 3.28. The summed E-state index contributed by atoms with van der Waals surface area (Å²) < 4.78 is 1.05. The zero-order valence-corrected chi connectivity index (χ0v) is 13.3. The Morgan fingerprint density at radius 2 is 1.76 bits per heavy atom. The molecule has 3 rings (SSSR count). The van der Waals surface area contributed by atoms with Crippen molar-refractivity contribution in [2.24, 2.45) is 11.8 Å². The molecule has 1 aliphatic heterocycles. The van der Waals surface area contributed by atoms with Crippen molar-refractivity contribution >= 4 is 27.8 Å². The van der Waals surface area contributed by atoms with Gasteiger partial charge in [0.1, 0.15) is 0 Å². The summed E-state index contributed by atoms with van der Waals surface area (Å²) in [5.41, 5.74) is 1.22. The van der Waals surface area contributed by atoms with Crippen molar-refractivity contribution in [2.45, 2.75) is 25.2 Å². The van der Waals surface area contributed by atoms with E-state index in [1.807, 2.05) is 17.0 Å². The second-order valence-electron chi connectivity index (χ2n) is 5.94. The number of amides is 1. The van der Waals surface area contributed by atoms with E-state index < -0.39 is 5.97 Å². The van der Waals surface area contributed by atoms with Crippen molar-refractivity contribution in [1.29, 1.82) is 0 Å². The van der Waals surface area contributed by atoms with Gasteiger partial charge < -0.3 is 10.0 Å². The molecule has 0 aromatic heterocycles. The largest absolute Gasteiger partial charge is 0.481 e. The molecule has 2 atom stereocenters. The first-order valence-electron chi connectivity index (χ1n) is 7.33.